The number of nitrogens with two attached hydrogens (primary N) is 1. The first-order chi connectivity index (χ1) is 9.63. The van der Waals surface area contributed by atoms with Crippen molar-refractivity contribution in [1.29, 1.82) is 0 Å². The number of likely N-dealkylation sites (N-methyl/N-ethyl adjacent to an activating group) is 1. The highest BCUT2D eigenvalue weighted by molar-refractivity contribution is 5.41. The Hall–Kier alpha value is -2.00. The first kappa shape index (κ1) is 14.4. The summed E-state index contributed by atoms with van der Waals surface area (Å²) >= 11 is 0. The van der Waals surface area contributed by atoms with Gasteiger partial charge < -0.3 is 10.5 Å². The van der Waals surface area contributed by atoms with Crippen molar-refractivity contribution in [3.63, 3.8) is 0 Å². The molecule has 0 saturated carbocycles. The van der Waals surface area contributed by atoms with E-state index < -0.39 is 0 Å². The molecule has 0 fully saturated rings. The number of aryl methyl sites for hydroxylation is 1. The third-order valence-corrected chi connectivity index (χ3v) is 3.16. The van der Waals surface area contributed by atoms with Crippen molar-refractivity contribution >= 4 is 5.69 Å². The zero-order valence-corrected chi connectivity index (χ0v) is 12.2. The number of anilines is 1. The molecule has 0 aromatic heterocycles. The van der Waals surface area contributed by atoms with Crippen LogP contribution in [0, 0.1) is 6.92 Å². The second kappa shape index (κ2) is 6.96. The Morgan fingerprint density at radius 1 is 1.10 bits per heavy atom. The summed E-state index contributed by atoms with van der Waals surface area (Å²) in [6, 6.07) is 16.1. The number of nitrogen functional groups attached to an aromatic ring is 1. The van der Waals surface area contributed by atoms with Gasteiger partial charge in [0.1, 0.15) is 12.4 Å². The first-order valence-electron chi connectivity index (χ1n) is 6.86. The van der Waals surface area contributed by atoms with Crippen LogP contribution >= 0.6 is 0 Å². The summed E-state index contributed by atoms with van der Waals surface area (Å²) in [7, 11) is 2.11. The van der Waals surface area contributed by atoms with Crippen LogP contribution in [0.1, 0.15) is 11.1 Å². The van der Waals surface area contributed by atoms with Gasteiger partial charge in [0, 0.05) is 18.8 Å². The van der Waals surface area contributed by atoms with Crippen molar-refractivity contribution < 1.29 is 4.74 Å². The molecule has 20 heavy (non-hydrogen) atoms. The van der Waals surface area contributed by atoms with Gasteiger partial charge in [0.15, 0.2) is 0 Å². The average Bonchev–Trinajstić information content (AvgIpc) is 2.41. The molecule has 2 aromatic rings. The molecule has 0 saturated heterocycles. The minimum Gasteiger partial charge on any atom is -0.492 e. The lowest BCUT2D eigenvalue weighted by Crippen LogP contribution is -2.23. The van der Waals surface area contributed by atoms with Crippen molar-refractivity contribution in [3.05, 3.63) is 59.7 Å². The topological polar surface area (TPSA) is 38.5 Å². The highest BCUT2D eigenvalue weighted by Gasteiger charge is 2.01. The van der Waals surface area contributed by atoms with Gasteiger partial charge in [-0.1, -0.05) is 29.8 Å². The molecule has 2 N–H and O–H groups in total. The second-order valence-electron chi connectivity index (χ2n) is 5.14. The molecule has 0 spiro atoms. The third-order valence-electron chi connectivity index (χ3n) is 3.16. The molecule has 2 rings (SSSR count). The van der Waals surface area contributed by atoms with Crippen LogP contribution in [0.5, 0.6) is 5.75 Å². The van der Waals surface area contributed by atoms with E-state index in [0.717, 1.165) is 24.5 Å². The van der Waals surface area contributed by atoms with Crippen LogP contribution in [0.3, 0.4) is 0 Å². The van der Waals surface area contributed by atoms with E-state index in [0.29, 0.717) is 6.61 Å². The Bertz CT molecular complexity index is 537. The van der Waals surface area contributed by atoms with Crippen molar-refractivity contribution in [2.24, 2.45) is 0 Å². The van der Waals surface area contributed by atoms with Crippen molar-refractivity contribution in [3.8, 4) is 5.75 Å². The standard InChI is InChI=1S/C17H22N2O/c1-14-4-3-5-15(12-14)13-19(2)10-11-20-17-8-6-16(18)7-9-17/h3-9,12H,10-11,13,18H2,1-2H3. The van der Waals surface area contributed by atoms with Gasteiger partial charge in [-0.25, -0.2) is 0 Å². The zero-order valence-electron chi connectivity index (χ0n) is 12.2. The van der Waals surface area contributed by atoms with E-state index in [2.05, 4.69) is 43.1 Å². The maximum absolute atomic E-state index is 5.70. The van der Waals surface area contributed by atoms with Crippen LogP contribution in [0.15, 0.2) is 48.5 Å². The fourth-order valence-corrected chi connectivity index (χ4v) is 2.08. The van der Waals surface area contributed by atoms with Gasteiger partial charge in [-0.2, -0.15) is 0 Å². The second-order valence-corrected chi connectivity index (χ2v) is 5.14. The van der Waals surface area contributed by atoms with Crippen LogP contribution in [0.4, 0.5) is 5.69 Å². The van der Waals surface area contributed by atoms with Crippen LogP contribution in [0.2, 0.25) is 0 Å². The first-order valence-corrected chi connectivity index (χ1v) is 6.86. The van der Waals surface area contributed by atoms with E-state index in [1.54, 1.807) is 0 Å². The summed E-state index contributed by atoms with van der Waals surface area (Å²) in [5.74, 6) is 0.864. The van der Waals surface area contributed by atoms with Crippen molar-refractivity contribution in [1.82, 2.24) is 4.90 Å². The molecule has 0 amide bonds. The molecule has 2 aromatic carbocycles. The van der Waals surface area contributed by atoms with E-state index in [-0.39, 0.29) is 0 Å². The van der Waals surface area contributed by atoms with Gasteiger partial charge in [-0.3, -0.25) is 4.90 Å². The quantitative estimate of drug-likeness (QED) is 0.820. The van der Waals surface area contributed by atoms with Crippen LogP contribution in [-0.4, -0.2) is 25.1 Å². The van der Waals surface area contributed by atoms with Gasteiger partial charge >= 0.3 is 0 Å². The lowest BCUT2D eigenvalue weighted by atomic mass is 10.1. The molecule has 0 bridgehead atoms. The molecule has 3 heteroatoms. The lowest BCUT2D eigenvalue weighted by molar-refractivity contribution is 0.233. The van der Waals surface area contributed by atoms with Gasteiger partial charge in [-0.15, -0.1) is 0 Å². The highest BCUT2D eigenvalue weighted by Crippen LogP contribution is 2.13. The summed E-state index contributed by atoms with van der Waals surface area (Å²) in [5.41, 5.74) is 9.03. The monoisotopic (exact) mass is 270 g/mol. The van der Waals surface area contributed by atoms with E-state index in [9.17, 15) is 0 Å². The van der Waals surface area contributed by atoms with Gasteiger partial charge in [0.25, 0.3) is 0 Å². The highest BCUT2D eigenvalue weighted by atomic mass is 16.5. The zero-order chi connectivity index (χ0) is 14.4. The number of hydrogen-bond acceptors (Lipinski definition) is 3. The Labute approximate surface area is 121 Å². The Balaban J connectivity index is 1.75. The maximum Gasteiger partial charge on any atom is 0.119 e. The summed E-state index contributed by atoms with van der Waals surface area (Å²) < 4.78 is 5.70. The molecule has 0 aliphatic carbocycles. The van der Waals surface area contributed by atoms with Crippen LogP contribution in [0.25, 0.3) is 0 Å². The summed E-state index contributed by atoms with van der Waals surface area (Å²) in [6.45, 7) is 4.62. The van der Waals surface area contributed by atoms with Gasteiger partial charge in [0.2, 0.25) is 0 Å². The normalized spacial score (nSPS) is 10.8. The summed E-state index contributed by atoms with van der Waals surface area (Å²) in [5, 5.41) is 0. The molecule has 0 aliphatic rings. The largest absolute Gasteiger partial charge is 0.492 e. The molecule has 0 heterocycles. The molecule has 0 atom stereocenters. The van der Waals surface area contributed by atoms with Crippen LogP contribution in [-0.2, 0) is 6.54 Å². The van der Waals surface area contributed by atoms with Gasteiger partial charge in [0.05, 0.1) is 0 Å². The molecule has 106 valence electrons. The maximum atomic E-state index is 5.70. The Morgan fingerprint density at radius 2 is 1.85 bits per heavy atom. The number of benzene rings is 2. The molecule has 0 unspecified atom stereocenters. The molecular weight excluding hydrogens is 248 g/mol. The van der Waals surface area contributed by atoms with Gasteiger partial charge in [-0.05, 0) is 43.8 Å². The number of rotatable bonds is 6. The predicted molar refractivity (Wildman–Crippen MR) is 83.9 cm³/mol. The smallest absolute Gasteiger partial charge is 0.119 e. The molecular formula is C17H22N2O. The third kappa shape index (κ3) is 4.59. The van der Waals surface area contributed by atoms with E-state index in [1.165, 1.54) is 11.1 Å². The molecule has 0 radical (unpaired) electrons. The fourth-order valence-electron chi connectivity index (χ4n) is 2.08. The van der Waals surface area contributed by atoms with Crippen molar-refractivity contribution in [2.45, 2.75) is 13.5 Å². The van der Waals surface area contributed by atoms with E-state index in [4.69, 9.17) is 10.5 Å². The molecule has 3 nitrogen and oxygen atoms in total. The predicted octanol–water partition coefficient (Wildman–Crippen LogP) is 3.09. The number of ether oxygens (including phenoxy) is 1. The van der Waals surface area contributed by atoms with Crippen LogP contribution < -0.4 is 10.5 Å². The number of hydrogen-bond donors (Lipinski definition) is 1. The average molecular weight is 270 g/mol. The minimum atomic E-state index is 0.673. The number of nitrogens with zero attached hydrogens (tertiary/aromatic N) is 1. The summed E-state index contributed by atoms with van der Waals surface area (Å²) in [4.78, 5) is 2.26. The van der Waals surface area contributed by atoms with E-state index >= 15 is 0 Å². The Kier molecular flexibility index (Phi) is 5.02. The SMILES string of the molecule is Cc1cccc(CN(C)CCOc2ccc(N)cc2)c1. The summed E-state index contributed by atoms with van der Waals surface area (Å²) in [6.07, 6.45) is 0. The van der Waals surface area contributed by atoms with E-state index in [1.807, 2.05) is 24.3 Å². The van der Waals surface area contributed by atoms with Crippen molar-refractivity contribution in [2.75, 3.05) is 25.9 Å². The Morgan fingerprint density at radius 3 is 2.55 bits per heavy atom. The fraction of sp³-hybridized carbons (Fsp3) is 0.294. The lowest BCUT2D eigenvalue weighted by Gasteiger charge is -2.17. The molecule has 0 aliphatic heterocycles. The minimum absolute atomic E-state index is 0.673.